The highest BCUT2D eigenvalue weighted by atomic mass is 19.1. The summed E-state index contributed by atoms with van der Waals surface area (Å²) in [5, 5.41) is 4.13. The molecule has 0 spiro atoms. The zero-order valence-corrected chi connectivity index (χ0v) is 13.2. The van der Waals surface area contributed by atoms with Gasteiger partial charge in [0.1, 0.15) is 17.3 Å². The van der Waals surface area contributed by atoms with E-state index in [4.69, 9.17) is 4.74 Å². The van der Waals surface area contributed by atoms with Crippen LogP contribution in [0.5, 0.6) is 11.5 Å². The molecular weight excluding hydrogens is 303 g/mol. The molecule has 0 radical (unpaired) electrons. The number of halogens is 1. The predicted octanol–water partition coefficient (Wildman–Crippen LogP) is 5.37. The zero-order chi connectivity index (χ0) is 16.8. The minimum absolute atomic E-state index is 0.270. The van der Waals surface area contributed by atoms with Gasteiger partial charge in [0.15, 0.2) is 0 Å². The van der Waals surface area contributed by atoms with Crippen LogP contribution in [0.4, 0.5) is 10.1 Å². The third-order valence-corrected chi connectivity index (χ3v) is 3.36. The van der Waals surface area contributed by atoms with Gasteiger partial charge in [-0.25, -0.2) is 4.39 Å². The van der Waals surface area contributed by atoms with E-state index >= 15 is 0 Å². The fraction of sp³-hybridized carbons (Fsp3) is 0.0500. The summed E-state index contributed by atoms with van der Waals surface area (Å²) in [5.41, 5.74) is 5.67. The number of rotatable bonds is 5. The quantitative estimate of drug-likeness (QED) is 0.506. The summed E-state index contributed by atoms with van der Waals surface area (Å²) in [7, 11) is 0. The van der Waals surface area contributed by atoms with Crippen molar-refractivity contribution < 1.29 is 9.13 Å². The van der Waals surface area contributed by atoms with E-state index in [1.165, 1.54) is 12.1 Å². The molecule has 24 heavy (non-hydrogen) atoms. The minimum atomic E-state index is -0.270. The number of benzene rings is 3. The maximum Gasteiger partial charge on any atom is 0.127 e. The monoisotopic (exact) mass is 320 g/mol. The van der Waals surface area contributed by atoms with Gasteiger partial charge in [0.05, 0.1) is 11.9 Å². The number of hydrazone groups is 1. The molecule has 0 aromatic heterocycles. The summed E-state index contributed by atoms with van der Waals surface area (Å²) >= 11 is 0. The van der Waals surface area contributed by atoms with Crippen LogP contribution in [0.15, 0.2) is 77.9 Å². The predicted molar refractivity (Wildman–Crippen MR) is 95.3 cm³/mol. The van der Waals surface area contributed by atoms with Gasteiger partial charge in [0, 0.05) is 0 Å². The number of hydrogen-bond donors (Lipinski definition) is 1. The fourth-order valence-corrected chi connectivity index (χ4v) is 2.14. The first kappa shape index (κ1) is 15.7. The van der Waals surface area contributed by atoms with Crippen molar-refractivity contribution >= 4 is 11.9 Å². The molecule has 4 heteroatoms. The molecule has 0 aliphatic carbocycles. The fourth-order valence-electron chi connectivity index (χ4n) is 2.14. The third-order valence-electron chi connectivity index (χ3n) is 3.36. The van der Waals surface area contributed by atoms with E-state index in [1.807, 2.05) is 55.5 Å². The molecule has 0 heterocycles. The summed E-state index contributed by atoms with van der Waals surface area (Å²) in [6.07, 6.45) is 1.69. The van der Waals surface area contributed by atoms with Gasteiger partial charge in [0.25, 0.3) is 0 Å². The van der Waals surface area contributed by atoms with Crippen LogP contribution in [0.1, 0.15) is 11.1 Å². The molecule has 0 aliphatic heterocycles. The van der Waals surface area contributed by atoms with E-state index in [-0.39, 0.29) is 5.82 Å². The van der Waals surface area contributed by atoms with E-state index < -0.39 is 0 Å². The number of anilines is 1. The standard InChI is InChI=1S/C20H17FN2O/c1-15-3-2-4-20(13-15)24-19-11-5-16(6-12-19)14-22-23-18-9-7-17(21)8-10-18/h2-14,23H,1H3. The molecular formula is C20H17FN2O. The van der Waals surface area contributed by atoms with Crippen LogP contribution in [-0.2, 0) is 0 Å². The number of ether oxygens (including phenoxy) is 1. The van der Waals surface area contributed by atoms with Crippen molar-refractivity contribution in [2.24, 2.45) is 5.10 Å². The molecule has 0 bridgehead atoms. The van der Waals surface area contributed by atoms with Crippen LogP contribution in [0.2, 0.25) is 0 Å². The summed E-state index contributed by atoms with van der Waals surface area (Å²) in [6, 6.07) is 21.6. The lowest BCUT2D eigenvalue weighted by Crippen LogP contribution is -1.91. The summed E-state index contributed by atoms with van der Waals surface area (Å²) in [6.45, 7) is 2.03. The molecule has 3 aromatic carbocycles. The van der Waals surface area contributed by atoms with Crippen molar-refractivity contribution in [3.63, 3.8) is 0 Å². The largest absolute Gasteiger partial charge is 0.457 e. The Morgan fingerprint density at radius 2 is 1.67 bits per heavy atom. The Morgan fingerprint density at radius 1 is 0.917 bits per heavy atom. The Bertz CT molecular complexity index is 827. The van der Waals surface area contributed by atoms with Crippen LogP contribution in [0.3, 0.4) is 0 Å². The Hall–Kier alpha value is -3.14. The first-order valence-corrected chi connectivity index (χ1v) is 7.58. The van der Waals surface area contributed by atoms with Crippen LogP contribution >= 0.6 is 0 Å². The molecule has 3 nitrogen and oxygen atoms in total. The second-order valence-corrected chi connectivity index (χ2v) is 5.36. The van der Waals surface area contributed by atoms with Crippen molar-refractivity contribution in [1.82, 2.24) is 0 Å². The summed E-state index contributed by atoms with van der Waals surface area (Å²) in [5.74, 6) is 1.31. The third kappa shape index (κ3) is 4.43. The molecule has 0 unspecified atom stereocenters. The maximum atomic E-state index is 12.8. The van der Waals surface area contributed by atoms with E-state index in [9.17, 15) is 4.39 Å². The SMILES string of the molecule is Cc1cccc(Oc2ccc(C=NNc3ccc(F)cc3)cc2)c1. The molecule has 0 saturated heterocycles. The smallest absolute Gasteiger partial charge is 0.127 e. The van der Waals surface area contributed by atoms with E-state index in [0.29, 0.717) is 0 Å². The number of aryl methyl sites for hydroxylation is 1. The molecule has 1 N–H and O–H groups in total. The lowest BCUT2D eigenvalue weighted by molar-refractivity contribution is 0.482. The Morgan fingerprint density at radius 3 is 2.38 bits per heavy atom. The van der Waals surface area contributed by atoms with Gasteiger partial charge in [-0.3, -0.25) is 5.43 Å². The van der Waals surface area contributed by atoms with Crippen molar-refractivity contribution in [3.05, 3.63) is 89.7 Å². The van der Waals surface area contributed by atoms with Gasteiger partial charge in [-0.1, -0.05) is 12.1 Å². The van der Waals surface area contributed by atoms with Crippen molar-refractivity contribution in [2.75, 3.05) is 5.43 Å². The van der Waals surface area contributed by atoms with Gasteiger partial charge in [-0.15, -0.1) is 0 Å². The van der Waals surface area contributed by atoms with Gasteiger partial charge >= 0.3 is 0 Å². The summed E-state index contributed by atoms with van der Waals surface area (Å²) < 4.78 is 18.6. The average molecular weight is 320 g/mol. The molecule has 120 valence electrons. The Kier molecular flexibility index (Phi) is 4.87. The van der Waals surface area contributed by atoms with Gasteiger partial charge in [0.2, 0.25) is 0 Å². The molecule has 3 aromatic rings. The lowest BCUT2D eigenvalue weighted by Gasteiger charge is -2.06. The molecule has 0 atom stereocenters. The minimum Gasteiger partial charge on any atom is -0.457 e. The van der Waals surface area contributed by atoms with E-state index in [0.717, 1.165) is 28.3 Å². The van der Waals surface area contributed by atoms with E-state index in [2.05, 4.69) is 10.5 Å². The number of hydrogen-bond acceptors (Lipinski definition) is 3. The molecule has 3 rings (SSSR count). The van der Waals surface area contributed by atoms with Gasteiger partial charge in [-0.05, 0) is 78.7 Å². The van der Waals surface area contributed by atoms with Crippen molar-refractivity contribution in [1.29, 1.82) is 0 Å². The highest BCUT2D eigenvalue weighted by Crippen LogP contribution is 2.22. The number of nitrogens with zero attached hydrogens (tertiary/aromatic N) is 1. The first-order valence-electron chi connectivity index (χ1n) is 7.58. The van der Waals surface area contributed by atoms with Gasteiger partial charge in [-0.2, -0.15) is 5.10 Å². The maximum absolute atomic E-state index is 12.8. The Balaban J connectivity index is 1.59. The van der Waals surface area contributed by atoms with Gasteiger partial charge < -0.3 is 4.74 Å². The Labute approximate surface area is 140 Å². The van der Waals surface area contributed by atoms with Crippen molar-refractivity contribution in [2.45, 2.75) is 6.92 Å². The second-order valence-electron chi connectivity index (χ2n) is 5.36. The van der Waals surface area contributed by atoms with Crippen LogP contribution in [0.25, 0.3) is 0 Å². The molecule has 0 amide bonds. The van der Waals surface area contributed by atoms with Crippen LogP contribution < -0.4 is 10.2 Å². The molecule has 0 saturated carbocycles. The second kappa shape index (κ2) is 7.42. The lowest BCUT2D eigenvalue weighted by atomic mass is 10.2. The topological polar surface area (TPSA) is 33.6 Å². The number of nitrogens with one attached hydrogen (secondary N) is 1. The van der Waals surface area contributed by atoms with Crippen LogP contribution in [-0.4, -0.2) is 6.21 Å². The highest BCUT2D eigenvalue weighted by molar-refractivity contribution is 5.80. The van der Waals surface area contributed by atoms with Crippen LogP contribution in [0, 0.1) is 12.7 Å². The molecule has 0 aliphatic rings. The molecule has 0 fully saturated rings. The average Bonchev–Trinajstić information content (AvgIpc) is 2.58. The van der Waals surface area contributed by atoms with Crippen molar-refractivity contribution in [3.8, 4) is 11.5 Å². The highest BCUT2D eigenvalue weighted by Gasteiger charge is 1.98. The van der Waals surface area contributed by atoms with E-state index in [1.54, 1.807) is 18.3 Å². The first-order chi connectivity index (χ1) is 11.7. The zero-order valence-electron chi connectivity index (χ0n) is 13.2. The normalized spacial score (nSPS) is 10.8. The summed E-state index contributed by atoms with van der Waals surface area (Å²) in [4.78, 5) is 0.